The Bertz CT molecular complexity index is 478. The van der Waals surface area contributed by atoms with Crippen molar-refractivity contribution in [1.29, 1.82) is 0 Å². The van der Waals surface area contributed by atoms with E-state index in [9.17, 15) is 9.59 Å². The van der Waals surface area contributed by atoms with Crippen LogP contribution in [0.5, 0.6) is 0 Å². The third-order valence-corrected chi connectivity index (χ3v) is 4.34. The van der Waals surface area contributed by atoms with Gasteiger partial charge in [-0.25, -0.2) is 0 Å². The average Bonchev–Trinajstić information content (AvgIpc) is 2.99. The number of hydrogen-bond donors (Lipinski definition) is 3. The molecule has 6 heteroatoms. The minimum absolute atomic E-state index is 0.0585. The average molecular weight is 281 g/mol. The van der Waals surface area contributed by atoms with Crippen LogP contribution in [0.1, 0.15) is 43.0 Å². The molecule has 5 nitrogen and oxygen atoms in total. The van der Waals surface area contributed by atoms with Crippen LogP contribution in [-0.2, 0) is 4.79 Å². The second-order valence-corrected chi connectivity index (χ2v) is 5.76. The van der Waals surface area contributed by atoms with Crippen molar-refractivity contribution in [1.82, 2.24) is 5.32 Å². The molecule has 1 fully saturated rings. The van der Waals surface area contributed by atoms with Crippen molar-refractivity contribution in [2.75, 3.05) is 11.9 Å². The van der Waals surface area contributed by atoms with Gasteiger partial charge >= 0.3 is 0 Å². The smallest absolute Gasteiger partial charge is 0.251 e. The molecule has 0 bridgehead atoms. The van der Waals surface area contributed by atoms with Crippen molar-refractivity contribution in [3.05, 3.63) is 17.0 Å². The number of primary amides is 1. The van der Waals surface area contributed by atoms with Gasteiger partial charge in [0, 0.05) is 0 Å². The summed E-state index contributed by atoms with van der Waals surface area (Å²) in [4.78, 5) is 23.7. The van der Waals surface area contributed by atoms with Crippen LogP contribution in [0.25, 0.3) is 0 Å². The van der Waals surface area contributed by atoms with Gasteiger partial charge in [0.2, 0.25) is 5.91 Å². The van der Waals surface area contributed by atoms with Gasteiger partial charge in [-0.2, -0.15) is 0 Å². The molecule has 0 saturated carbocycles. The Kier molecular flexibility index (Phi) is 4.21. The first-order valence-corrected chi connectivity index (χ1v) is 7.41. The van der Waals surface area contributed by atoms with Gasteiger partial charge < -0.3 is 16.4 Å². The molecule has 1 aliphatic rings. The summed E-state index contributed by atoms with van der Waals surface area (Å²) in [6, 6.07) is 1.64. The van der Waals surface area contributed by atoms with Gasteiger partial charge in [-0.3, -0.25) is 9.59 Å². The maximum absolute atomic E-state index is 12.5. The molecule has 1 saturated heterocycles. The Labute approximate surface area is 116 Å². The predicted octanol–water partition coefficient (Wildman–Crippen LogP) is 1.71. The number of carbonyl (C=O) groups excluding carboxylic acids is 2. The summed E-state index contributed by atoms with van der Waals surface area (Å²) in [5.41, 5.74) is 5.17. The zero-order valence-electron chi connectivity index (χ0n) is 11.0. The number of anilines is 1. The SMILES string of the molecule is CCCC1(C(=O)Nc2sccc2C(N)=O)CCCN1. The highest BCUT2D eigenvalue weighted by Crippen LogP contribution is 2.29. The molecule has 2 heterocycles. The Hall–Kier alpha value is -1.40. The number of rotatable bonds is 5. The van der Waals surface area contributed by atoms with Crippen LogP contribution in [0.3, 0.4) is 0 Å². The lowest BCUT2D eigenvalue weighted by atomic mass is 9.91. The quantitative estimate of drug-likeness (QED) is 0.768. The summed E-state index contributed by atoms with van der Waals surface area (Å²) in [6.07, 6.45) is 3.58. The highest BCUT2D eigenvalue weighted by Gasteiger charge is 2.40. The van der Waals surface area contributed by atoms with Crippen molar-refractivity contribution in [2.24, 2.45) is 5.73 Å². The second-order valence-electron chi connectivity index (χ2n) is 4.84. The molecule has 1 atom stereocenters. The van der Waals surface area contributed by atoms with Crippen molar-refractivity contribution in [3.8, 4) is 0 Å². The molecule has 0 aromatic carbocycles. The van der Waals surface area contributed by atoms with E-state index in [1.54, 1.807) is 11.4 Å². The van der Waals surface area contributed by atoms with Crippen LogP contribution < -0.4 is 16.4 Å². The fraction of sp³-hybridized carbons (Fsp3) is 0.538. The largest absolute Gasteiger partial charge is 0.366 e. The second kappa shape index (κ2) is 5.71. The summed E-state index contributed by atoms with van der Waals surface area (Å²) in [7, 11) is 0. The van der Waals surface area contributed by atoms with Gasteiger partial charge in [0.15, 0.2) is 0 Å². The lowest BCUT2D eigenvalue weighted by Crippen LogP contribution is -2.50. The number of amides is 2. The van der Waals surface area contributed by atoms with Crippen molar-refractivity contribution in [3.63, 3.8) is 0 Å². The third-order valence-electron chi connectivity index (χ3n) is 3.51. The van der Waals surface area contributed by atoms with Gasteiger partial charge in [-0.05, 0) is 37.3 Å². The fourth-order valence-corrected chi connectivity index (χ4v) is 3.36. The molecule has 1 aromatic heterocycles. The summed E-state index contributed by atoms with van der Waals surface area (Å²) in [5, 5.41) is 8.46. The van der Waals surface area contributed by atoms with E-state index in [0.717, 1.165) is 32.2 Å². The maximum Gasteiger partial charge on any atom is 0.251 e. The van der Waals surface area contributed by atoms with Crippen LogP contribution in [0.2, 0.25) is 0 Å². The van der Waals surface area contributed by atoms with E-state index < -0.39 is 11.4 Å². The van der Waals surface area contributed by atoms with E-state index in [1.165, 1.54) is 11.3 Å². The molecule has 0 aliphatic carbocycles. The number of thiophene rings is 1. The molecule has 0 radical (unpaired) electrons. The van der Waals surface area contributed by atoms with Gasteiger partial charge in [0.05, 0.1) is 11.1 Å². The van der Waals surface area contributed by atoms with Crippen molar-refractivity contribution >= 4 is 28.2 Å². The Morgan fingerprint density at radius 1 is 1.58 bits per heavy atom. The van der Waals surface area contributed by atoms with Crippen LogP contribution in [0.4, 0.5) is 5.00 Å². The molecular weight excluding hydrogens is 262 g/mol. The maximum atomic E-state index is 12.5. The molecular formula is C13H19N3O2S. The third kappa shape index (κ3) is 2.79. The standard InChI is InChI=1S/C13H19N3O2S/c1-2-5-13(6-3-7-15-13)12(18)16-11-9(10(14)17)4-8-19-11/h4,8,15H,2-3,5-7H2,1H3,(H2,14,17)(H,16,18). The van der Waals surface area contributed by atoms with E-state index in [-0.39, 0.29) is 5.91 Å². The zero-order chi connectivity index (χ0) is 13.9. The molecule has 104 valence electrons. The van der Waals surface area contributed by atoms with Gasteiger partial charge in [0.25, 0.3) is 5.91 Å². The Morgan fingerprint density at radius 2 is 2.37 bits per heavy atom. The summed E-state index contributed by atoms with van der Waals surface area (Å²) < 4.78 is 0. The van der Waals surface area contributed by atoms with Crippen molar-refractivity contribution in [2.45, 2.75) is 38.1 Å². The predicted molar refractivity (Wildman–Crippen MR) is 76.3 cm³/mol. The first-order chi connectivity index (χ1) is 9.09. The van der Waals surface area contributed by atoms with Gasteiger partial charge in [-0.1, -0.05) is 13.3 Å². The molecule has 19 heavy (non-hydrogen) atoms. The molecule has 0 spiro atoms. The molecule has 1 aromatic rings. The number of nitrogens with one attached hydrogen (secondary N) is 2. The van der Waals surface area contributed by atoms with Crippen LogP contribution in [-0.4, -0.2) is 23.9 Å². The van der Waals surface area contributed by atoms with Gasteiger partial charge in [0.1, 0.15) is 5.00 Å². The molecule has 1 unspecified atom stereocenters. The first-order valence-electron chi connectivity index (χ1n) is 6.53. The number of nitrogens with two attached hydrogens (primary N) is 1. The minimum atomic E-state index is -0.513. The number of hydrogen-bond acceptors (Lipinski definition) is 4. The lowest BCUT2D eigenvalue weighted by Gasteiger charge is -2.27. The van der Waals surface area contributed by atoms with E-state index >= 15 is 0 Å². The highest BCUT2D eigenvalue weighted by molar-refractivity contribution is 7.14. The van der Waals surface area contributed by atoms with Crippen LogP contribution in [0, 0.1) is 0 Å². The van der Waals surface area contributed by atoms with E-state index in [4.69, 9.17) is 5.73 Å². The summed E-state index contributed by atoms with van der Waals surface area (Å²) in [6.45, 7) is 2.93. The molecule has 4 N–H and O–H groups in total. The monoisotopic (exact) mass is 281 g/mol. The Morgan fingerprint density at radius 3 is 2.95 bits per heavy atom. The fourth-order valence-electron chi connectivity index (χ4n) is 2.58. The number of carbonyl (C=O) groups is 2. The van der Waals surface area contributed by atoms with E-state index in [1.807, 2.05) is 0 Å². The van der Waals surface area contributed by atoms with Crippen molar-refractivity contribution < 1.29 is 9.59 Å². The van der Waals surface area contributed by atoms with Crippen LogP contribution in [0.15, 0.2) is 11.4 Å². The molecule has 2 amide bonds. The zero-order valence-corrected chi connectivity index (χ0v) is 11.8. The van der Waals surface area contributed by atoms with E-state index in [2.05, 4.69) is 17.6 Å². The topological polar surface area (TPSA) is 84.2 Å². The summed E-state index contributed by atoms with van der Waals surface area (Å²) >= 11 is 1.32. The molecule has 2 rings (SSSR count). The highest BCUT2D eigenvalue weighted by atomic mass is 32.1. The normalized spacial score (nSPS) is 22.4. The first kappa shape index (κ1) is 14.0. The van der Waals surface area contributed by atoms with Crippen LogP contribution >= 0.6 is 11.3 Å². The minimum Gasteiger partial charge on any atom is -0.366 e. The van der Waals surface area contributed by atoms with Gasteiger partial charge in [-0.15, -0.1) is 11.3 Å². The Balaban J connectivity index is 2.15. The van der Waals surface area contributed by atoms with E-state index in [0.29, 0.717) is 10.6 Å². The summed E-state index contributed by atoms with van der Waals surface area (Å²) in [5.74, 6) is -0.572. The lowest BCUT2D eigenvalue weighted by molar-refractivity contribution is -0.122. The molecule has 1 aliphatic heterocycles.